The van der Waals surface area contributed by atoms with E-state index in [-0.39, 0.29) is 6.04 Å². The molecule has 4 rings (SSSR count). The van der Waals surface area contributed by atoms with Gasteiger partial charge >= 0.3 is 0 Å². The molecule has 0 fully saturated rings. The van der Waals surface area contributed by atoms with Crippen molar-refractivity contribution in [1.82, 2.24) is 4.98 Å². The summed E-state index contributed by atoms with van der Waals surface area (Å²) >= 11 is 0. The highest BCUT2D eigenvalue weighted by Gasteiger charge is 2.24. The van der Waals surface area contributed by atoms with Crippen LogP contribution in [0.1, 0.15) is 11.1 Å². The Bertz CT molecular complexity index is 846. The minimum Gasteiger partial charge on any atom is -0.497 e. The lowest BCUT2D eigenvalue weighted by Crippen LogP contribution is -2.07. The molecule has 4 nitrogen and oxygen atoms in total. The fourth-order valence-corrected chi connectivity index (χ4v) is 2.78. The number of dihydropyridines is 1. The highest BCUT2D eigenvalue weighted by molar-refractivity contribution is 6.17. The number of hydrogen-bond acceptors (Lipinski definition) is 4. The van der Waals surface area contributed by atoms with Crippen LogP contribution < -0.4 is 4.74 Å². The van der Waals surface area contributed by atoms with Crippen LogP contribution in [0.25, 0.3) is 11.1 Å². The van der Waals surface area contributed by atoms with E-state index in [0.717, 1.165) is 33.7 Å². The molecule has 0 radical (unpaired) electrons. The third-order valence-electron chi connectivity index (χ3n) is 4.02. The molecule has 2 aromatic rings. The Morgan fingerprint density at radius 2 is 1.70 bits per heavy atom. The number of fused-ring (bicyclic) bond motifs is 1. The second kappa shape index (κ2) is 5.65. The van der Waals surface area contributed by atoms with E-state index in [1.54, 1.807) is 19.5 Å². The Kier molecular flexibility index (Phi) is 3.35. The normalized spacial score (nSPS) is 18.8. The monoisotopic (exact) mass is 301 g/mol. The molecule has 23 heavy (non-hydrogen) atoms. The van der Waals surface area contributed by atoms with Crippen LogP contribution in [0.2, 0.25) is 0 Å². The van der Waals surface area contributed by atoms with Gasteiger partial charge in [0.2, 0.25) is 0 Å². The number of aliphatic imine (C=N–C) groups is 2. The van der Waals surface area contributed by atoms with Gasteiger partial charge in [0.25, 0.3) is 0 Å². The largest absolute Gasteiger partial charge is 0.497 e. The fraction of sp³-hybridized carbons (Fsp3) is 0.105. The van der Waals surface area contributed by atoms with Crippen LogP contribution in [-0.4, -0.2) is 30.6 Å². The molecule has 2 aliphatic rings. The molecule has 0 saturated carbocycles. The molecule has 4 heteroatoms. The molecule has 0 aliphatic carbocycles. The first-order valence-corrected chi connectivity index (χ1v) is 7.43. The molecule has 2 aliphatic heterocycles. The first-order chi connectivity index (χ1) is 11.3. The summed E-state index contributed by atoms with van der Waals surface area (Å²) in [6.07, 6.45) is 9.53. The van der Waals surface area contributed by atoms with Crippen LogP contribution in [0.15, 0.2) is 70.5 Å². The molecule has 1 aromatic heterocycles. The zero-order valence-corrected chi connectivity index (χ0v) is 12.7. The number of aromatic nitrogens is 1. The Hall–Kier alpha value is -3.01. The summed E-state index contributed by atoms with van der Waals surface area (Å²) in [6, 6.07) is 11.9. The van der Waals surface area contributed by atoms with Crippen molar-refractivity contribution in [2.24, 2.45) is 9.98 Å². The van der Waals surface area contributed by atoms with E-state index in [4.69, 9.17) is 4.74 Å². The average molecular weight is 301 g/mol. The molecule has 0 unspecified atom stereocenters. The third kappa shape index (κ3) is 2.48. The second-order valence-corrected chi connectivity index (χ2v) is 5.37. The number of pyridine rings is 1. The Labute approximate surface area is 134 Å². The molecule has 0 bridgehead atoms. The predicted molar refractivity (Wildman–Crippen MR) is 92.9 cm³/mol. The van der Waals surface area contributed by atoms with Crippen molar-refractivity contribution in [3.63, 3.8) is 0 Å². The summed E-state index contributed by atoms with van der Waals surface area (Å²) in [6.45, 7) is 0. The van der Waals surface area contributed by atoms with E-state index in [1.807, 2.05) is 48.8 Å². The number of nitrogens with zero attached hydrogens (tertiary/aromatic N) is 3. The number of ether oxygens (including phenoxy) is 1. The lowest BCUT2D eigenvalue weighted by atomic mass is 9.98. The molecule has 0 spiro atoms. The molecule has 3 heterocycles. The quantitative estimate of drug-likeness (QED) is 0.872. The van der Waals surface area contributed by atoms with E-state index >= 15 is 0 Å². The highest BCUT2D eigenvalue weighted by Crippen LogP contribution is 2.32. The van der Waals surface area contributed by atoms with E-state index in [2.05, 4.69) is 21.0 Å². The summed E-state index contributed by atoms with van der Waals surface area (Å²) in [7, 11) is 1.67. The lowest BCUT2D eigenvalue weighted by molar-refractivity contribution is 0.415. The van der Waals surface area contributed by atoms with Crippen molar-refractivity contribution >= 4 is 23.6 Å². The topological polar surface area (TPSA) is 46.8 Å². The molecule has 0 N–H and O–H groups in total. The van der Waals surface area contributed by atoms with Crippen LogP contribution in [0.4, 0.5) is 0 Å². The van der Waals surface area contributed by atoms with E-state index < -0.39 is 0 Å². The van der Waals surface area contributed by atoms with Crippen molar-refractivity contribution in [1.29, 1.82) is 0 Å². The predicted octanol–water partition coefficient (Wildman–Crippen LogP) is 3.42. The van der Waals surface area contributed by atoms with Crippen LogP contribution >= 0.6 is 0 Å². The molecule has 0 amide bonds. The van der Waals surface area contributed by atoms with Gasteiger partial charge in [-0.1, -0.05) is 12.1 Å². The van der Waals surface area contributed by atoms with E-state index in [0.29, 0.717) is 0 Å². The third-order valence-corrected chi connectivity index (χ3v) is 4.02. The zero-order chi connectivity index (χ0) is 15.6. The maximum atomic E-state index is 5.20. The first kappa shape index (κ1) is 13.6. The van der Waals surface area contributed by atoms with Gasteiger partial charge in [-0.2, -0.15) is 0 Å². The highest BCUT2D eigenvalue weighted by atomic mass is 16.5. The standard InChI is InChI=1S/C19H15N3O/c1-23-16-4-2-13(3-5-16)15-10-18-19(22-11-15)17(12-21-18)14-6-8-20-9-7-14/h2-12,18H,1H3/t18-/m1/s1. The van der Waals surface area contributed by atoms with Gasteiger partial charge < -0.3 is 4.74 Å². The average Bonchev–Trinajstić information content (AvgIpc) is 3.06. The summed E-state index contributed by atoms with van der Waals surface area (Å²) < 4.78 is 5.20. The van der Waals surface area contributed by atoms with Gasteiger partial charge in [-0.15, -0.1) is 0 Å². The van der Waals surface area contributed by atoms with Crippen molar-refractivity contribution in [2.75, 3.05) is 7.11 Å². The van der Waals surface area contributed by atoms with Crippen LogP contribution in [0.5, 0.6) is 5.75 Å². The summed E-state index contributed by atoms with van der Waals surface area (Å²) in [4.78, 5) is 13.3. The molecular weight excluding hydrogens is 286 g/mol. The Morgan fingerprint density at radius 3 is 2.43 bits per heavy atom. The molecular formula is C19H15N3O. The van der Waals surface area contributed by atoms with Gasteiger partial charge in [0, 0.05) is 30.4 Å². The van der Waals surface area contributed by atoms with Crippen molar-refractivity contribution in [2.45, 2.75) is 6.04 Å². The van der Waals surface area contributed by atoms with Crippen molar-refractivity contribution < 1.29 is 4.74 Å². The van der Waals surface area contributed by atoms with Crippen LogP contribution in [-0.2, 0) is 0 Å². The number of allylic oxidation sites excluding steroid dienone is 2. The fourth-order valence-electron chi connectivity index (χ4n) is 2.78. The lowest BCUT2D eigenvalue weighted by Gasteiger charge is -2.14. The number of methoxy groups -OCH3 is 1. The molecule has 0 saturated heterocycles. The van der Waals surface area contributed by atoms with E-state index in [1.165, 1.54) is 0 Å². The molecule has 1 atom stereocenters. The maximum Gasteiger partial charge on any atom is 0.118 e. The van der Waals surface area contributed by atoms with Crippen molar-refractivity contribution in [3.8, 4) is 5.75 Å². The summed E-state index contributed by atoms with van der Waals surface area (Å²) in [5.74, 6) is 0.849. The molecule has 112 valence electrons. The Morgan fingerprint density at radius 1 is 0.913 bits per heavy atom. The number of benzene rings is 1. The van der Waals surface area contributed by atoms with Gasteiger partial charge in [-0.05, 0) is 47.0 Å². The number of rotatable bonds is 3. The van der Waals surface area contributed by atoms with Crippen LogP contribution in [0.3, 0.4) is 0 Å². The van der Waals surface area contributed by atoms with Gasteiger partial charge in [0.05, 0.1) is 12.8 Å². The van der Waals surface area contributed by atoms with Gasteiger partial charge in [-0.3, -0.25) is 15.0 Å². The Balaban J connectivity index is 1.66. The smallest absolute Gasteiger partial charge is 0.118 e. The van der Waals surface area contributed by atoms with Crippen molar-refractivity contribution in [3.05, 3.63) is 71.7 Å². The minimum atomic E-state index is -0.0136. The molecule has 1 aromatic carbocycles. The second-order valence-electron chi connectivity index (χ2n) is 5.37. The summed E-state index contributed by atoms with van der Waals surface area (Å²) in [5.41, 5.74) is 5.35. The zero-order valence-electron chi connectivity index (χ0n) is 12.7. The maximum absolute atomic E-state index is 5.20. The first-order valence-electron chi connectivity index (χ1n) is 7.43. The minimum absolute atomic E-state index is 0.0136. The van der Waals surface area contributed by atoms with Gasteiger partial charge in [-0.25, -0.2) is 0 Å². The van der Waals surface area contributed by atoms with Crippen LogP contribution in [0, 0.1) is 0 Å². The summed E-state index contributed by atoms with van der Waals surface area (Å²) in [5, 5.41) is 0. The number of hydrogen-bond donors (Lipinski definition) is 0. The SMILES string of the molecule is COc1ccc(C2=C[C@H]3N=CC(c4ccncc4)=C3N=C2)cc1. The van der Waals surface area contributed by atoms with E-state index in [9.17, 15) is 0 Å². The van der Waals surface area contributed by atoms with Gasteiger partial charge in [0.15, 0.2) is 0 Å². The van der Waals surface area contributed by atoms with Gasteiger partial charge in [0.1, 0.15) is 11.8 Å².